The molecule has 0 radical (unpaired) electrons. The molecule has 1 N–H and O–H groups in total. The van der Waals surface area contributed by atoms with Crippen LogP contribution in [0.4, 0.5) is 21.9 Å². The van der Waals surface area contributed by atoms with Crippen molar-refractivity contribution in [3.8, 4) is 0 Å². The SMILES string of the molecule is Cc1ccc(N2C(=O)C(=O)N(CC(=O)N3c4ccccc4NC(=O)CC3C)C2=O)cc1. The summed E-state index contributed by atoms with van der Waals surface area (Å²) in [6, 6.07) is 12.0. The van der Waals surface area contributed by atoms with Gasteiger partial charge in [0.25, 0.3) is 0 Å². The van der Waals surface area contributed by atoms with E-state index in [4.69, 9.17) is 0 Å². The number of benzene rings is 2. The maximum Gasteiger partial charge on any atom is 0.339 e. The summed E-state index contributed by atoms with van der Waals surface area (Å²) >= 11 is 0. The summed E-state index contributed by atoms with van der Waals surface area (Å²) in [6.45, 7) is 2.95. The average molecular weight is 420 g/mol. The number of hydrogen-bond donors (Lipinski definition) is 1. The van der Waals surface area contributed by atoms with Crippen molar-refractivity contribution in [3.05, 3.63) is 54.1 Å². The highest BCUT2D eigenvalue weighted by atomic mass is 16.2. The third-order valence-electron chi connectivity index (χ3n) is 5.27. The van der Waals surface area contributed by atoms with E-state index in [0.717, 1.165) is 10.5 Å². The summed E-state index contributed by atoms with van der Waals surface area (Å²) in [5, 5.41) is 2.75. The standard InChI is InChI=1S/C22H20N4O5/c1-13-7-9-15(10-8-13)26-21(30)20(29)24(22(26)31)12-19(28)25-14(2)11-18(27)23-16-5-3-4-6-17(16)25/h3-10,14H,11-12H2,1-2H3,(H,23,27). The lowest BCUT2D eigenvalue weighted by molar-refractivity contribution is -0.140. The zero-order chi connectivity index (χ0) is 22.3. The first-order valence-corrected chi connectivity index (χ1v) is 9.75. The third-order valence-corrected chi connectivity index (χ3v) is 5.27. The van der Waals surface area contributed by atoms with Crippen LogP contribution in [-0.2, 0) is 19.2 Å². The van der Waals surface area contributed by atoms with Crippen molar-refractivity contribution in [2.75, 3.05) is 21.7 Å². The first kappa shape index (κ1) is 20.3. The molecule has 0 aromatic heterocycles. The quantitative estimate of drug-likeness (QED) is 0.604. The molecule has 0 bridgehead atoms. The Balaban J connectivity index is 1.61. The van der Waals surface area contributed by atoms with Crippen LogP contribution in [0.25, 0.3) is 0 Å². The second kappa shape index (κ2) is 7.67. The summed E-state index contributed by atoms with van der Waals surface area (Å²) < 4.78 is 0. The average Bonchev–Trinajstić information content (AvgIpc) is 2.85. The summed E-state index contributed by atoms with van der Waals surface area (Å²) in [6.07, 6.45) is 0.0523. The summed E-state index contributed by atoms with van der Waals surface area (Å²) in [5.41, 5.74) is 2.11. The Bertz CT molecular complexity index is 1110. The molecular weight excluding hydrogens is 400 g/mol. The number of urea groups is 1. The first-order valence-electron chi connectivity index (χ1n) is 9.75. The molecular formula is C22H20N4O5. The lowest BCUT2D eigenvalue weighted by Crippen LogP contribution is -2.47. The van der Waals surface area contributed by atoms with Gasteiger partial charge in [-0.05, 0) is 38.1 Å². The van der Waals surface area contributed by atoms with Crippen LogP contribution in [0.1, 0.15) is 18.9 Å². The van der Waals surface area contributed by atoms with E-state index < -0.39 is 36.3 Å². The number of aryl methyl sites for hydroxylation is 1. The summed E-state index contributed by atoms with van der Waals surface area (Å²) in [5.74, 6) is -2.90. The van der Waals surface area contributed by atoms with Crippen LogP contribution in [0, 0.1) is 6.92 Å². The minimum Gasteiger partial charge on any atom is -0.324 e. The van der Waals surface area contributed by atoms with Gasteiger partial charge in [-0.3, -0.25) is 19.2 Å². The van der Waals surface area contributed by atoms with E-state index in [9.17, 15) is 24.0 Å². The molecule has 0 saturated carbocycles. The minimum absolute atomic E-state index is 0.0523. The predicted octanol–water partition coefficient (Wildman–Crippen LogP) is 2.05. The molecule has 0 spiro atoms. The molecule has 2 aromatic rings. The highest BCUT2D eigenvalue weighted by molar-refractivity contribution is 6.53. The molecule has 6 amide bonds. The number of nitrogens with zero attached hydrogens (tertiary/aromatic N) is 3. The molecule has 2 aliphatic rings. The highest BCUT2D eigenvalue weighted by Crippen LogP contribution is 2.32. The van der Waals surface area contributed by atoms with E-state index in [2.05, 4.69) is 5.32 Å². The molecule has 31 heavy (non-hydrogen) atoms. The van der Waals surface area contributed by atoms with Crippen molar-refractivity contribution in [1.82, 2.24) is 4.90 Å². The van der Waals surface area contributed by atoms with Crippen molar-refractivity contribution in [2.24, 2.45) is 0 Å². The van der Waals surface area contributed by atoms with Gasteiger partial charge in [-0.2, -0.15) is 0 Å². The van der Waals surface area contributed by atoms with Crippen molar-refractivity contribution in [1.29, 1.82) is 0 Å². The maximum absolute atomic E-state index is 13.2. The van der Waals surface area contributed by atoms with E-state index in [-0.39, 0.29) is 18.0 Å². The van der Waals surface area contributed by atoms with Gasteiger partial charge in [0.2, 0.25) is 11.8 Å². The molecule has 158 valence electrons. The van der Waals surface area contributed by atoms with Gasteiger partial charge in [0.1, 0.15) is 6.54 Å². The zero-order valence-electron chi connectivity index (χ0n) is 17.0. The van der Waals surface area contributed by atoms with Crippen molar-refractivity contribution >= 4 is 46.7 Å². The van der Waals surface area contributed by atoms with Crippen LogP contribution in [0.2, 0.25) is 0 Å². The van der Waals surface area contributed by atoms with Gasteiger partial charge in [-0.1, -0.05) is 29.8 Å². The molecule has 2 heterocycles. The molecule has 2 aromatic carbocycles. The van der Waals surface area contributed by atoms with Crippen LogP contribution in [0.15, 0.2) is 48.5 Å². The van der Waals surface area contributed by atoms with Crippen molar-refractivity contribution in [2.45, 2.75) is 26.3 Å². The number of carbonyl (C=O) groups excluding carboxylic acids is 5. The Morgan fingerprint density at radius 3 is 2.39 bits per heavy atom. The molecule has 9 heteroatoms. The van der Waals surface area contributed by atoms with E-state index in [0.29, 0.717) is 16.3 Å². The molecule has 4 rings (SSSR count). The topological polar surface area (TPSA) is 107 Å². The van der Waals surface area contributed by atoms with E-state index in [1.807, 2.05) is 6.92 Å². The molecule has 0 aliphatic carbocycles. The Morgan fingerprint density at radius 1 is 1.00 bits per heavy atom. The first-order chi connectivity index (χ1) is 14.8. The Morgan fingerprint density at radius 2 is 1.68 bits per heavy atom. The smallest absolute Gasteiger partial charge is 0.324 e. The fourth-order valence-corrected chi connectivity index (χ4v) is 3.75. The second-order valence-corrected chi connectivity index (χ2v) is 7.53. The van der Waals surface area contributed by atoms with E-state index >= 15 is 0 Å². The molecule has 2 aliphatic heterocycles. The number of imide groups is 2. The van der Waals surface area contributed by atoms with Crippen LogP contribution >= 0.6 is 0 Å². The normalized spacial score (nSPS) is 18.8. The lowest BCUT2D eigenvalue weighted by Gasteiger charge is -2.29. The van der Waals surface area contributed by atoms with Gasteiger partial charge in [-0.15, -0.1) is 0 Å². The molecule has 9 nitrogen and oxygen atoms in total. The molecule has 1 saturated heterocycles. The monoisotopic (exact) mass is 420 g/mol. The zero-order valence-corrected chi connectivity index (χ0v) is 17.0. The van der Waals surface area contributed by atoms with Gasteiger partial charge in [0.15, 0.2) is 0 Å². The van der Waals surface area contributed by atoms with Crippen LogP contribution in [0.3, 0.4) is 0 Å². The van der Waals surface area contributed by atoms with Gasteiger partial charge >= 0.3 is 17.8 Å². The number of para-hydroxylation sites is 2. The van der Waals surface area contributed by atoms with Crippen LogP contribution in [-0.4, -0.2) is 47.1 Å². The second-order valence-electron chi connectivity index (χ2n) is 7.53. The highest BCUT2D eigenvalue weighted by Gasteiger charge is 2.47. The number of rotatable bonds is 3. The lowest BCUT2D eigenvalue weighted by atomic mass is 10.1. The Labute approximate surface area is 178 Å². The van der Waals surface area contributed by atoms with Crippen LogP contribution in [0.5, 0.6) is 0 Å². The third kappa shape index (κ3) is 3.54. The van der Waals surface area contributed by atoms with Crippen LogP contribution < -0.4 is 15.1 Å². The van der Waals surface area contributed by atoms with Gasteiger partial charge in [0, 0.05) is 12.5 Å². The largest absolute Gasteiger partial charge is 0.339 e. The van der Waals surface area contributed by atoms with Crippen molar-refractivity contribution < 1.29 is 24.0 Å². The van der Waals surface area contributed by atoms with Gasteiger partial charge in [-0.25, -0.2) is 14.6 Å². The van der Waals surface area contributed by atoms with Gasteiger partial charge in [0.05, 0.1) is 17.1 Å². The minimum atomic E-state index is -1.07. The predicted molar refractivity (Wildman–Crippen MR) is 112 cm³/mol. The summed E-state index contributed by atoms with van der Waals surface area (Å²) in [7, 11) is 0. The fraction of sp³-hybridized carbons (Fsp3) is 0.227. The number of fused-ring (bicyclic) bond motifs is 1. The number of amides is 6. The van der Waals surface area contributed by atoms with Crippen molar-refractivity contribution in [3.63, 3.8) is 0 Å². The maximum atomic E-state index is 13.2. The fourth-order valence-electron chi connectivity index (χ4n) is 3.75. The molecule has 1 atom stereocenters. The number of hydrogen-bond acceptors (Lipinski definition) is 5. The summed E-state index contributed by atoms with van der Waals surface area (Å²) in [4.78, 5) is 65.9. The Hall–Kier alpha value is -4.01. The molecule has 1 fully saturated rings. The van der Waals surface area contributed by atoms with E-state index in [1.54, 1.807) is 55.5 Å². The number of nitrogens with one attached hydrogen (secondary N) is 1. The molecule has 1 unspecified atom stereocenters. The van der Waals surface area contributed by atoms with E-state index in [1.165, 1.54) is 4.90 Å². The van der Waals surface area contributed by atoms with Gasteiger partial charge < -0.3 is 10.2 Å². The number of carbonyl (C=O) groups is 5. The Kier molecular flexibility index (Phi) is 5.02. The number of anilines is 3.